The molecular weight excluding hydrogens is 429 g/mol. The van der Waals surface area contributed by atoms with E-state index in [9.17, 15) is 9.18 Å². The van der Waals surface area contributed by atoms with E-state index >= 15 is 0 Å². The third kappa shape index (κ3) is 8.60. The first-order valence-corrected chi connectivity index (χ1v) is 8.94. The van der Waals surface area contributed by atoms with Crippen molar-refractivity contribution < 1.29 is 23.9 Å². The molecule has 0 fully saturated rings. The number of hydrogen-bond acceptors (Lipinski definition) is 8. The lowest BCUT2D eigenvalue weighted by molar-refractivity contribution is -0.122. The lowest BCUT2D eigenvalue weighted by Crippen LogP contribution is -2.30. The Balaban J connectivity index is 0.00000420. The summed E-state index contributed by atoms with van der Waals surface area (Å²) in [6.45, 7) is 0.0199. The summed E-state index contributed by atoms with van der Waals surface area (Å²) >= 11 is 5.70. The number of hydrogen-bond donors (Lipinski definition) is 4. The van der Waals surface area contributed by atoms with Crippen LogP contribution < -0.4 is 11.1 Å². The summed E-state index contributed by atoms with van der Waals surface area (Å²) in [4.78, 5) is 12.1. The summed E-state index contributed by atoms with van der Waals surface area (Å²) in [6, 6.07) is 3.70. The summed E-state index contributed by atoms with van der Waals surface area (Å²) in [5.41, 5.74) is 6.37. The molecule has 2 rings (SSSR count). The Labute approximate surface area is 178 Å². The second-order valence-electron chi connectivity index (χ2n) is 6.01. The molecule has 0 bridgehead atoms. The zero-order valence-electron chi connectivity index (χ0n) is 15.4. The number of rotatable bonds is 11. The van der Waals surface area contributed by atoms with Crippen molar-refractivity contribution in [2.75, 3.05) is 6.61 Å². The summed E-state index contributed by atoms with van der Waals surface area (Å²) in [6.07, 6.45) is 1.73. The maximum Gasteiger partial charge on any atom is 0.633 e. The third-order valence-corrected chi connectivity index (χ3v) is 4.09. The third-order valence-electron chi connectivity index (χ3n) is 3.85. The van der Waals surface area contributed by atoms with Gasteiger partial charge in [-0.05, 0) is 41.8 Å². The smallest absolute Gasteiger partial charge is 0.402 e. The van der Waals surface area contributed by atoms with Crippen molar-refractivity contribution in [3.8, 4) is 0 Å². The predicted octanol–water partition coefficient (Wildman–Crippen LogP) is 0.360. The first-order valence-electron chi connectivity index (χ1n) is 8.57. The fourth-order valence-corrected chi connectivity index (χ4v) is 2.58. The van der Waals surface area contributed by atoms with Gasteiger partial charge in [-0.1, -0.05) is 17.7 Å². The van der Waals surface area contributed by atoms with Crippen LogP contribution in [0.1, 0.15) is 36.7 Å². The molecule has 29 heavy (non-hydrogen) atoms. The highest BCUT2D eigenvalue weighted by molar-refractivity contribution is 6.32. The molecule has 0 spiro atoms. The minimum atomic E-state index is -1.79. The van der Waals surface area contributed by atoms with Crippen LogP contribution in [-0.2, 0) is 22.5 Å². The van der Waals surface area contributed by atoms with Crippen LogP contribution >= 0.6 is 24.0 Å². The molecule has 10 nitrogen and oxygen atoms in total. The number of carbonyl (C=O) groups is 1. The van der Waals surface area contributed by atoms with Crippen LogP contribution in [0.4, 0.5) is 4.39 Å². The molecule has 0 aliphatic rings. The first kappa shape index (κ1) is 25.2. The van der Waals surface area contributed by atoms with Gasteiger partial charge >= 0.3 is 7.32 Å². The lowest BCUT2D eigenvalue weighted by atomic mass is 10.1. The van der Waals surface area contributed by atoms with Crippen LogP contribution in [0.5, 0.6) is 0 Å². The molecule has 0 radical (unpaired) electrons. The number of halogens is 3. The van der Waals surface area contributed by atoms with E-state index in [0.717, 1.165) is 0 Å². The number of amides is 1. The van der Waals surface area contributed by atoms with Crippen LogP contribution in [0.3, 0.4) is 0 Å². The SMILES string of the molecule is Cl.NC(CCCCOB(O)O)c1nnnn1CC(=O)NCc1ccc(Cl)cc1F. The van der Waals surface area contributed by atoms with E-state index in [4.69, 9.17) is 27.4 Å². The molecule has 0 saturated carbocycles. The molecule has 1 atom stereocenters. The molecule has 1 amide bonds. The molecule has 1 aromatic heterocycles. The van der Waals surface area contributed by atoms with Crippen molar-refractivity contribution in [3.63, 3.8) is 0 Å². The van der Waals surface area contributed by atoms with Crippen LogP contribution in [0.25, 0.3) is 0 Å². The topological polar surface area (TPSA) is 148 Å². The molecule has 0 aliphatic carbocycles. The Hall–Kier alpha value is -1.83. The second-order valence-corrected chi connectivity index (χ2v) is 6.44. The van der Waals surface area contributed by atoms with Gasteiger partial charge in [-0.3, -0.25) is 4.79 Å². The maximum atomic E-state index is 13.7. The van der Waals surface area contributed by atoms with Crippen molar-refractivity contribution in [2.45, 2.75) is 38.4 Å². The largest absolute Gasteiger partial charge is 0.633 e. The summed E-state index contributed by atoms with van der Waals surface area (Å²) in [5.74, 6) is -0.563. The summed E-state index contributed by atoms with van der Waals surface area (Å²) in [5, 5.41) is 31.2. The summed E-state index contributed by atoms with van der Waals surface area (Å²) < 4.78 is 19.6. The van der Waals surface area contributed by atoms with Gasteiger partial charge in [0.15, 0.2) is 5.82 Å². The van der Waals surface area contributed by atoms with E-state index in [2.05, 4.69) is 25.5 Å². The molecule has 1 unspecified atom stereocenters. The molecular formula is C15H22BCl2FN6O4. The number of carbonyl (C=O) groups excluding carboxylic acids is 1. The van der Waals surface area contributed by atoms with Crippen LogP contribution in [0, 0.1) is 5.82 Å². The van der Waals surface area contributed by atoms with E-state index in [0.29, 0.717) is 30.7 Å². The Morgan fingerprint density at radius 2 is 2.17 bits per heavy atom. The average Bonchev–Trinajstić information content (AvgIpc) is 3.08. The van der Waals surface area contributed by atoms with Crippen molar-refractivity contribution in [2.24, 2.45) is 5.73 Å². The van der Waals surface area contributed by atoms with Gasteiger partial charge in [0.1, 0.15) is 12.4 Å². The first-order chi connectivity index (χ1) is 13.4. The maximum absolute atomic E-state index is 13.7. The van der Waals surface area contributed by atoms with E-state index in [1.54, 1.807) is 0 Å². The standard InChI is InChI=1S/C15H21BClFN6O4.ClH/c17-11-5-4-10(12(18)7-11)8-20-14(25)9-24-15(21-22-23-24)13(19)3-1-2-6-28-16(26)27;/h4-5,7,13,26-27H,1-3,6,8-9,19H2,(H,20,25);1H. The highest BCUT2D eigenvalue weighted by Crippen LogP contribution is 2.15. The van der Waals surface area contributed by atoms with E-state index < -0.39 is 25.1 Å². The molecule has 160 valence electrons. The molecule has 0 aliphatic heterocycles. The van der Waals surface area contributed by atoms with Gasteiger partial charge in [-0.2, -0.15) is 0 Å². The van der Waals surface area contributed by atoms with Crippen molar-refractivity contribution in [1.82, 2.24) is 25.5 Å². The Bertz CT molecular complexity index is 785. The lowest BCUT2D eigenvalue weighted by Gasteiger charge is -2.12. The quantitative estimate of drug-likeness (QED) is 0.283. The van der Waals surface area contributed by atoms with Crippen LogP contribution in [-0.4, -0.2) is 50.1 Å². The Morgan fingerprint density at radius 3 is 2.86 bits per heavy atom. The number of benzene rings is 1. The number of nitrogens with zero attached hydrogens (tertiary/aromatic N) is 4. The van der Waals surface area contributed by atoms with Gasteiger partial charge in [0.25, 0.3) is 0 Å². The fraction of sp³-hybridized carbons (Fsp3) is 0.467. The number of nitrogens with one attached hydrogen (secondary N) is 1. The Morgan fingerprint density at radius 1 is 1.41 bits per heavy atom. The van der Waals surface area contributed by atoms with Gasteiger partial charge < -0.3 is 25.8 Å². The van der Waals surface area contributed by atoms with Gasteiger partial charge in [0.05, 0.1) is 6.04 Å². The molecule has 1 aromatic carbocycles. The zero-order valence-corrected chi connectivity index (χ0v) is 16.9. The zero-order chi connectivity index (χ0) is 20.5. The van der Waals surface area contributed by atoms with E-state index in [1.165, 1.54) is 22.9 Å². The van der Waals surface area contributed by atoms with Crippen molar-refractivity contribution >= 4 is 37.2 Å². The number of aromatic nitrogens is 4. The second kappa shape index (κ2) is 12.7. The van der Waals surface area contributed by atoms with Crippen LogP contribution in [0.15, 0.2) is 18.2 Å². The Kier molecular flexibility index (Phi) is 11.0. The summed E-state index contributed by atoms with van der Waals surface area (Å²) in [7, 11) is -1.79. The average molecular weight is 451 g/mol. The minimum absolute atomic E-state index is 0. The molecule has 1 heterocycles. The van der Waals surface area contributed by atoms with E-state index in [1.807, 2.05) is 0 Å². The van der Waals surface area contributed by atoms with Gasteiger partial charge in [-0.15, -0.1) is 17.5 Å². The molecule has 0 saturated heterocycles. The number of tetrazole rings is 1. The van der Waals surface area contributed by atoms with Crippen molar-refractivity contribution in [1.29, 1.82) is 0 Å². The van der Waals surface area contributed by atoms with Gasteiger partial charge in [0, 0.05) is 23.7 Å². The van der Waals surface area contributed by atoms with E-state index in [-0.39, 0.29) is 37.1 Å². The van der Waals surface area contributed by atoms with Gasteiger partial charge in [-0.25, -0.2) is 9.07 Å². The minimum Gasteiger partial charge on any atom is -0.402 e. The molecule has 14 heteroatoms. The predicted molar refractivity (Wildman–Crippen MR) is 105 cm³/mol. The van der Waals surface area contributed by atoms with Crippen LogP contribution in [0.2, 0.25) is 5.02 Å². The van der Waals surface area contributed by atoms with Crippen molar-refractivity contribution in [3.05, 3.63) is 40.4 Å². The fourth-order valence-electron chi connectivity index (χ4n) is 2.42. The highest BCUT2D eigenvalue weighted by Gasteiger charge is 2.17. The van der Waals surface area contributed by atoms with Gasteiger partial charge in [0.2, 0.25) is 5.91 Å². The monoisotopic (exact) mass is 450 g/mol. The molecule has 5 N–H and O–H groups in total. The highest BCUT2D eigenvalue weighted by atomic mass is 35.5. The number of unbranched alkanes of at least 4 members (excludes halogenated alkanes) is 1. The number of nitrogens with two attached hydrogens (primary N) is 1. The molecule has 2 aromatic rings. The normalized spacial score (nSPS) is 11.6.